The number of rotatable bonds is 7. The third-order valence-electron chi connectivity index (χ3n) is 2.75. The molecule has 2 rings (SSSR count). The number of pyridine rings is 1. The van der Waals surface area contributed by atoms with Gasteiger partial charge in [0.2, 0.25) is 5.91 Å². The monoisotopic (exact) mass is 299 g/mol. The summed E-state index contributed by atoms with van der Waals surface area (Å²) in [6.07, 6.45) is 1.66. The smallest absolute Gasteiger partial charge is 0.258 e. The van der Waals surface area contributed by atoms with Crippen LogP contribution >= 0.6 is 0 Å². The van der Waals surface area contributed by atoms with Gasteiger partial charge in [-0.2, -0.15) is 0 Å². The lowest BCUT2D eigenvalue weighted by atomic mass is 10.3. The molecule has 0 fully saturated rings. The van der Waals surface area contributed by atoms with Crippen LogP contribution in [0.5, 0.6) is 5.75 Å². The molecule has 6 nitrogen and oxygen atoms in total. The maximum atomic E-state index is 11.6. The zero-order valence-corrected chi connectivity index (χ0v) is 12.0. The number of benzene rings is 1. The number of ether oxygens (including phenoxy) is 1. The molecule has 0 radical (unpaired) electrons. The second-order valence-corrected chi connectivity index (χ2v) is 4.48. The summed E-state index contributed by atoms with van der Waals surface area (Å²) in [4.78, 5) is 27.3. The topological polar surface area (TPSA) is 80.3 Å². The Morgan fingerprint density at radius 1 is 0.955 bits per heavy atom. The van der Waals surface area contributed by atoms with E-state index in [0.717, 1.165) is 5.69 Å². The Balaban J connectivity index is 1.62. The van der Waals surface area contributed by atoms with Gasteiger partial charge in [0.1, 0.15) is 5.75 Å². The predicted molar refractivity (Wildman–Crippen MR) is 81.0 cm³/mol. The molecule has 2 amide bonds. The minimum absolute atomic E-state index is 0.0934. The molecule has 0 aliphatic rings. The van der Waals surface area contributed by atoms with E-state index < -0.39 is 0 Å². The van der Waals surface area contributed by atoms with Crippen LogP contribution in [0.1, 0.15) is 5.69 Å². The first-order valence-electron chi connectivity index (χ1n) is 6.85. The molecule has 0 saturated carbocycles. The number of hydrogen-bond donors (Lipinski definition) is 2. The summed E-state index contributed by atoms with van der Waals surface area (Å²) in [7, 11) is 0. The van der Waals surface area contributed by atoms with Gasteiger partial charge in [0, 0.05) is 6.20 Å². The number of para-hydroxylation sites is 1. The Bertz CT molecular complexity index is 547. The van der Waals surface area contributed by atoms with E-state index in [1.807, 2.05) is 30.3 Å². The van der Waals surface area contributed by atoms with Crippen LogP contribution in [0.3, 0.4) is 0 Å². The van der Waals surface area contributed by atoms with Gasteiger partial charge in [-0.25, -0.2) is 0 Å². The molecular weight excluding hydrogens is 282 g/mol. The molecular formula is C16H17N3O3. The molecule has 0 aliphatic carbocycles. The first-order valence-corrected chi connectivity index (χ1v) is 6.85. The Hall–Kier alpha value is -2.89. The molecule has 0 saturated heterocycles. The normalized spacial score (nSPS) is 9.82. The van der Waals surface area contributed by atoms with Crippen molar-refractivity contribution in [3.05, 3.63) is 60.4 Å². The highest BCUT2D eigenvalue weighted by molar-refractivity contribution is 5.85. The highest BCUT2D eigenvalue weighted by atomic mass is 16.5. The van der Waals surface area contributed by atoms with Gasteiger partial charge >= 0.3 is 0 Å². The summed E-state index contributed by atoms with van der Waals surface area (Å²) < 4.78 is 5.28. The van der Waals surface area contributed by atoms with Gasteiger partial charge in [-0.05, 0) is 24.3 Å². The fourth-order valence-corrected chi connectivity index (χ4v) is 1.65. The summed E-state index contributed by atoms with van der Waals surface area (Å²) in [6.45, 7) is 0.109. The van der Waals surface area contributed by atoms with E-state index in [0.29, 0.717) is 12.3 Å². The van der Waals surface area contributed by atoms with Gasteiger partial charge in [0.25, 0.3) is 5.91 Å². The van der Waals surface area contributed by atoms with E-state index in [2.05, 4.69) is 15.6 Å². The van der Waals surface area contributed by atoms with Crippen LogP contribution < -0.4 is 15.4 Å². The van der Waals surface area contributed by atoms with Gasteiger partial charge < -0.3 is 15.4 Å². The molecule has 0 unspecified atom stereocenters. The lowest BCUT2D eigenvalue weighted by molar-refractivity contribution is -0.127. The van der Waals surface area contributed by atoms with E-state index in [1.165, 1.54) is 0 Å². The predicted octanol–water partition coefficient (Wildman–Crippen LogP) is 0.893. The van der Waals surface area contributed by atoms with E-state index in [-0.39, 0.29) is 25.0 Å². The number of carbonyl (C=O) groups is 2. The van der Waals surface area contributed by atoms with Crippen molar-refractivity contribution in [3.63, 3.8) is 0 Å². The van der Waals surface area contributed by atoms with E-state index >= 15 is 0 Å². The number of carbonyl (C=O) groups excluding carboxylic acids is 2. The average molecular weight is 299 g/mol. The van der Waals surface area contributed by atoms with Crippen molar-refractivity contribution >= 4 is 11.8 Å². The summed E-state index contributed by atoms with van der Waals surface area (Å²) in [5.74, 6) is -0.0205. The molecule has 0 spiro atoms. The second-order valence-electron chi connectivity index (χ2n) is 4.48. The van der Waals surface area contributed by atoms with Crippen LogP contribution in [0, 0.1) is 0 Å². The van der Waals surface area contributed by atoms with Crippen molar-refractivity contribution in [1.82, 2.24) is 15.6 Å². The first-order chi connectivity index (χ1) is 10.7. The second kappa shape index (κ2) is 8.41. The van der Waals surface area contributed by atoms with E-state index in [1.54, 1.807) is 24.4 Å². The number of nitrogens with zero attached hydrogens (tertiary/aromatic N) is 1. The average Bonchev–Trinajstić information content (AvgIpc) is 2.58. The highest BCUT2D eigenvalue weighted by Gasteiger charge is 2.06. The maximum absolute atomic E-state index is 11.6. The van der Waals surface area contributed by atoms with Crippen molar-refractivity contribution in [2.24, 2.45) is 0 Å². The van der Waals surface area contributed by atoms with Crippen LogP contribution in [0.2, 0.25) is 0 Å². The molecule has 0 atom stereocenters. The van der Waals surface area contributed by atoms with E-state index in [9.17, 15) is 9.59 Å². The molecule has 2 N–H and O–H groups in total. The molecule has 2 aromatic rings. The van der Waals surface area contributed by atoms with Gasteiger partial charge in [0.05, 0.1) is 18.8 Å². The van der Waals surface area contributed by atoms with Crippen LogP contribution in [0.25, 0.3) is 0 Å². The number of hydrogen-bond acceptors (Lipinski definition) is 4. The fraction of sp³-hybridized carbons (Fsp3) is 0.188. The van der Waals surface area contributed by atoms with Crippen molar-refractivity contribution < 1.29 is 14.3 Å². The highest BCUT2D eigenvalue weighted by Crippen LogP contribution is 2.07. The molecule has 0 aliphatic heterocycles. The Kier molecular flexibility index (Phi) is 5.92. The fourth-order valence-electron chi connectivity index (χ4n) is 1.65. The minimum Gasteiger partial charge on any atom is -0.484 e. The molecule has 1 aromatic carbocycles. The Morgan fingerprint density at radius 2 is 1.73 bits per heavy atom. The summed E-state index contributed by atoms with van der Waals surface area (Å²) >= 11 is 0. The van der Waals surface area contributed by atoms with Gasteiger partial charge in [-0.3, -0.25) is 14.6 Å². The van der Waals surface area contributed by atoms with Crippen LogP contribution in [0.15, 0.2) is 54.7 Å². The van der Waals surface area contributed by atoms with Crippen molar-refractivity contribution in [3.8, 4) is 5.75 Å². The zero-order valence-electron chi connectivity index (χ0n) is 12.0. The summed E-state index contributed by atoms with van der Waals surface area (Å²) in [5, 5.41) is 5.16. The number of aromatic nitrogens is 1. The summed E-state index contributed by atoms with van der Waals surface area (Å²) in [5.41, 5.74) is 0.759. The Morgan fingerprint density at radius 3 is 2.45 bits per heavy atom. The van der Waals surface area contributed by atoms with Gasteiger partial charge in [-0.1, -0.05) is 24.3 Å². The lowest BCUT2D eigenvalue weighted by Crippen LogP contribution is -2.38. The van der Waals surface area contributed by atoms with Crippen molar-refractivity contribution in [2.45, 2.75) is 6.54 Å². The molecule has 1 aromatic heterocycles. The third-order valence-corrected chi connectivity index (χ3v) is 2.75. The minimum atomic E-state index is -0.350. The number of nitrogens with one attached hydrogen (secondary N) is 2. The Labute approximate surface area is 128 Å². The quantitative estimate of drug-likeness (QED) is 0.796. The molecule has 22 heavy (non-hydrogen) atoms. The lowest BCUT2D eigenvalue weighted by Gasteiger charge is -2.08. The maximum Gasteiger partial charge on any atom is 0.258 e. The molecule has 1 heterocycles. The first kappa shape index (κ1) is 15.5. The van der Waals surface area contributed by atoms with Crippen LogP contribution in [-0.2, 0) is 16.1 Å². The van der Waals surface area contributed by atoms with Gasteiger partial charge in [0.15, 0.2) is 6.61 Å². The molecule has 0 bridgehead atoms. The SMILES string of the molecule is O=C(CNC(=O)COc1ccccc1)NCc1ccccn1. The van der Waals surface area contributed by atoms with Crippen molar-refractivity contribution in [1.29, 1.82) is 0 Å². The molecule has 6 heteroatoms. The number of amides is 2. The molecule has 114 valence electrons. The standard InChI is InChI=1S/C16H17N3O3/c20-15(18-10-13-6-4-5-9-17-13)11-19-16(21)12-22-14-7-2-1-3-8-14/h1-9H,10-12H2,(H,18,20)(H,19,21). The largest absolute Gasteiger partial charge is 0.484 e. The third kappa shape index (κ3) is 5.62. The van der Waals surface area contributed by atoms with Crippen LogP contribution in [-0.4, -0.2) is 29.9 Å². The van der Waals surface area contributed by atoms with Crippen molar-refractivity contribution in [2.75, 3.05) is 13.2 Å². The van der Waals surface area contributed by atoms with Gasteiger partial charge in [-0.15, -0.1) is 0 Å². The zero-order chi connectivity index (χ0) is 15.6. The van der Waals surface area contributed by atoms with Crippen LogP contribution in [0.4, 0.5) is 0 Å². The summed E-state index contributed by atoms with van der Waals surface area (Å²) in [6, 6.07) is 14.5. The van der Waals surface area contributed by atoms with E-state index in [4.69, 9.17) is 4.74 Å².